The van der Waals surface area contributed by atoms with Crippen LogP contribution in [0.5, 0.6) is 0 Å². The van der Waals surface area contributed by atoms with Crippen LogP contribution < -0.4 is 0 Å². The zero-order valence-electron chi connectivity index (χ0n) is 18.3. The lowest BCUT2D eigenvalue weighted by molar-refractivity contribution is 1.30. The number of hydrogen-bond acceptors (Lipinski definition) is 2. The average molecular weight is 386 g/mol. The van der Waals surface area contributed by atoms with E-state index in [1.807, 2.05) is 12.2 Å². The van der Waals surface area contributed by atoms with Gasteiger partial charge in [0.05, 0.1) is 14.1 Å². The van der Waals surface area contributed by atoms with Crippen LogP contribution >= 0.6 is 0 Å². The Morgan fingerprint density at radius 3 is 1.27 bits per heavy atom. The minimum absolute atomic E-state index is 0.445. The molecule has 5 aromatic rings. The molecule has 0 atom stereocenters. The Morgan fingerprint density at radius 2 is 0.900 bits per heavy atom. The Labute approximate surface area is 178 Å². The van der Waals surface area contributed by atoms with Crippen molar-refractivity contribution in [1.82, 2.24) is 9.97 Å². The minimum atomic E-state index is 0.445. The van der Waals surface area contributed by atoms with Crippen LogP contribution in [0.4, 0.5) is 0 Å². The number of aromatic nitrogens is 2. The van der Waals surface area contributed by atoms with Gasteiger partial charge >= 0.3 is 0 Å². The first kappa shape index (κ1) is 15.8. The third-order valence-corrected chi connectivity index (χ3v) is 5.11. The Bertz CT molecular complexity index is 1330. The van der Waals surface area contributed by atoms with Crippen LogP contribution in [-0.4, -0.2) is 9.97 Å². The molecule has 0 unspecified atom stereocenters. The average Bonchev–Trinajstić information content (AvgIpc) is 2.81. The molecule has 142 valence electrons. The molecule has 0 amide bonds. The number of hydrogen-bond donors (Lipinski definition) is 0. The van der Waals surface area contributed by atoms with Gasteiger partial charge in [0.2, 0.25) is 0 Å². The zero-order chi connectivity index (χ0) is 21.9. The summed E-state index contributed by atoms with van der Waals surface area (Å²) in [6.45, 7) is 0. The van der Waals surface area contributed by atoms with Gasteiger partial charge in [0.15, 0.2) is 0 Å². The molecule has 3 aromatic carbocycles. The molecular formula is C28H20N2. The molecule has 30 heavy (non-hydrogen) atoms. The highest BCUT2D eigenvalue weighted by atomic mass is 14.7. The molecule has 0 radical (unpaired) electrons. The van der Waals surface area contributed by atoms with E-state index in [9.17, 15) is 0 Å². The molecule has 0 N–H and O–H groups in total. The van der Waals surface area contributed by atoms with Gasteiger partial charge < -0.3 is 0 Å². The topological polar surface area (TPSA) is 25.8 Å². The fourth-order valence-electron chi connectivity index (χ4n) is 3.75. The highest BCUT2D eigenvalue weighted by Gasteiger charge is 2.10. The first-order valence-corrected chi connectivity index (χ1v) is 9.84. The zero-order valence-corrected chi connectivity index (χ0v) is 16.3. The van der Waals surface area contributed by atoms with Gasteiger partial charge in [-0.2, -0.15) is 0 Å². The van der Waals surface area contributed by atoms with Crippen LogP contribution in [0.2, 0.25) is 0 Å². The molecule has 2 aromatic heterocycles. The lowest BCUT2D eigenvalue weighted by atomic mass is 9.91. The summed E-state index contributed by atoms with van der Waals surface area (Å²) in [5.74, 6) is 0. The van der Waals surface area contributed by atoms with E-state index in [1.165, 1.54) is 0 Å². The monoisotopic (exact) mass is 386 g/mol. The molecule has 0 aliphatic heterocycles. The van der Waals surface area contributed by atoms with Crippen LogP contribution in [-0.2, 0) is 0 Å². The maximum atomic E-state index is 7.84. The second-order valence-corrected chi connectivity index (χ2v) is 6.95. The maximum Gasteiger partial charge on any atom is 0.0629 e. The third-order valence-electron chi connectivity index (χ3n) is 5.11. The summed E-state index contributed by atoms with van der Waals surface area (Å²) in [5.41, 5.74) is 3.76. The molecule has 0 saturated carbocycles. The van der Waals surface area contributed by atoms with E-state index in [4.69, 9.17) is 2.74 Å². The van der Waals surface area contributed by atoms with Crippen molar-refractivity contribution >= 4 is 45.8 Å². The second kappa shape index (κ2) is 8.14. The normalized spacial score (nSPS) is 12.7. The number of fused-ring (bicyclic) bond motifs is 2. The van der Waals surface area contributed by atoms with Gasteiger partial charge in [0, 0.05) is 12.4 Å². The summed E-state index contributed by atoms with van der Waals surface area (Å²) in [6.07, 6.45) is 11.4. The largest absolute Gasteiger partial charge is 0.257 e. The van der Waals surface area contributed by atoms with Crippen molar-refractivity contribution in [2.24, 2.45) is 0 Å². The molecule has 0 saturated heterocycles. The molecule has 0 aliphatic rings. The Morgan fingerprint density at radius 1 is 0.500 bits per heavy atom. The van der Waals surface area contributed by atoms with Crippen molar-refractivity contribution in [1.29, 1.82) is 0 Å². The molecular weight excluding hydrogens is 364 g/mol. The van der Waals surface area contributed by atoms with Crippen molar-refractivity contribution in [3.63, 3.8) is 0 Å². The molecule has 0 bridgehead atoms. The quantitative estimate of drug-likeness (QED) is 0.307. The highest BCUT2D eigenvalue weighted by Crippen LogP contribution is 2.35. The van der Waals surface area contributed by atoms with Gasteiger partial charge in [-0.3, -0.25) is 9.97 Å². The first-order valence-electron chi connectivity index (χ1n) is 10.8. The van der Waals surface area contributed by atoms with Gasteiger partial charge in [0.25, 0.3) is 0 Å². The van der Waals surface area contributed by atoms with E-state index in [0.29, 0.717) is 12.1 Å². The van der Waals surface area contributed by atoms with Gasteiger partial charge in [0.1, 0.15) is 0 Å². The summed E-state index contributed by atoms with van der Waals surface area (Å²) in [7, 11) is 0. The highest BCUT2D eigenvalue weighted by molar-refractivity contribution is 6.14. The second-order valence-electron chi connectivity index (χ2n) is 6.95. The van der Waals surface area contributed by atoms with Crippen LogP contribution in [0.25, 0.3) is 45.8 Å². The van der Waals surface area contributed by atoms with E-state index >= 15 is 0 Å². The molecule has 2 nitrogen and oxygen atoms in total. The standard InChI is InChI=1S/C28H20N2/c1-2-12-24-23(11-1)27(17-15-21-9-5-7-19-29-21)25-13-3-4-14-26(25)28(24)18-16-22-10-6-8-20-30-22/h1-20H/b17-15-,18-16-/i5D,6D. The van der Waals surface area contributed by atoms with Crippen LogP contribution in [0, 0.1) is 0 Å². The molecule has 0 fully saturated rings. The summed E-state index contributed by atoms with van der Waals surface area (Å²) in [5, 5.41) is 4.58. The number of benzene rings is 3. The predicted octanol–water partition coefficient (Wildman–Crippen LogP) is 7.12. The van der Waals surface area contributed by atoms with Crippen LogP contribution in [0.1, 0.15) is 25.3 Å². The Hall–Kier alpha value is -4.04. The number of rotatable bonds is 4. The molecule has 0 spiro atoms. The van der Waals surface area contributed by atoms with E-state index < -0.39 is 0 Å². The van der Waals surface area contributed by atoms with Crippen molar-refractivity contribution in [2.45, 2.75) is 0 Å². The van der Waals surface area contributed by atoms with Gasteiger partial charge in [-0.05, 0) is 69.1 Å². The summed E-state index contributed by atoms with van der Waals surface area (Å²) in [6, 6.07) is 24.5. The van der Waals surface area contributed by atoms with E-state index in [0.717, 1.165) is 44.1 Å². The van der Waals surface area contributed by atoms with Crippen LogP contribution in [0.15, 0.2) is 97.3 Å². The third kappa shape index (κ3) is 3.51. The summed E-state index contributed by atoms with van der Waals surface area (Å²) >= 11 is 0. The number of nitrogens with zero attached hydrogens (tertiary/aromatic N) is 2. The SMILES string of the molecule is [2H]c1ccnc(/C=C\c2c3ccccc3c(/C=C\c3cc([2H])ccn3)c3ccccc23)c1. The van der Waals surface area contributed by atoms with Gasteiger partial charge in [-0.15, -0.1) is 0 Å². The van der Waals surface area contributed by atoms with Crippen molar-refractivity contribution < 1.29 is 2.74 Å². The number of pyridine rings is 2. The lowest BCUT2D eigenvalue weighted by Crippen LogP contribution is -1.89. The van der Waals surface area contributed by atoms with Crippen LogP contribution in [0.3, 0.4) is 0 Å². The molecule has 2 heterocycles. The fraction of sp³-hybridized carbons (Fsp3) is 0. The van der Waals surface area contributed by atoms with Gasteiger partial charge in [-0.25, -0.2) is 0 Å². The Kier molecular flexibility index (Phi) is 4.30. The fourth-order valence-corrected chi connectivity index (χ4v) is 3.75. The smallest absolute Gasteiger partial charge is 0.0629 e. The lowest BCUT2D eigenvalue weighted by Gasteiger charge is -2.13. The summed E-state index contributed by atoms with van der Waals surface area (Å²) < 4.78 is 15.7. The Balaban J connectivity index is 1.72. The van der Waals surface area contributed by atoms with Crippen molar-refractivity contribution in [3.8, 4) is 0 Å². The molecule has 0 aliphatic carbocycles. The van der Waals surface area contributed by atoms with Gasteiger partial charge in [-0.1, -0.05) is 72.8 Å². The maximum absolute atomic E-state index is 7.84. The van der Waals surface area contributed by atoms with E-state index in [2.05, 4.69) is 70.7 Å². The predicted molar refractivity (Wildman–Crippen MR) is 128 cm³/mol. The molecule has 5 rings (SSSR count). The van der Waals surface area contributed by atoms with Crippen molar-refractivity contribution in [3.05, 3.63) is 120 Å². The minimum Gasteiger partial charge on any atom is -0.257 e. The molecule has 2 heteroatoms. The summed E-state index contributed by atoms with van der Waals surface area (Å²) in [4.78, 5) is 8.72. The first-order chi connectivity index (χ1) is 15.7. The van der Waals surface area contributed by atoms with E-state index in [-0.39, 0.29) is 0 Å². The van der Waals surface area contributed by atoms with Crippen molar-refractivity contribution in [2.75, 3.05) is 0 Å². The van der Waals surface area contributed by atoms with E-state index in [1.54, 1.807) is 36.7 Å².